The van der Waals surface area contributed by atoms with Crippen molar-refractivity contribution in [3.05, 3.63) is 28.5 Å². The van der Waals surface area contributed by atoms with Crippen molar-refractivity contribution in [3.63, 3.8) is 0 Å². The SMILES string of the molecule is CC(N)Cc1nnc2cc(Br)ccc2n1. The molecule has 0 fully saturated rings. The van der Waals surface area contributed by atoms with Gasteiger partial charge >= 0.3 is 0 Å². The van der Waals surface area contributed by atoms with Crippen LogP contribution in [0.5, 0.6) is 0 Å². The molecular weight excluding hydrogens is 256 g/mol. The van der Waals surface area contributed by atoms with Crippen molar-refractivity contribution in [3.8, 4) is 0 Å². The van der Waals surface area contributed by atoms with Crippen molar-refractivity contribution in [1.82, 2.24) is 15.2 Å². The molecule has 0 aliphatic heterocycles. The minimum absolute atomic E-state index is 0.0553. The second-order valence-electron chi connectivity index (χ2n) is 3.54. The molecule has 2 N–H and O–H groups in total. The normalized spacial score (nSPS) is 13.0. The van der Waals surface area contributed by atoms with Gasteiger partial charge in [-0.25, -0.2) is 4.98 Å². The Kier molecular flexibility index (Phi) is 2.93. The van der Waals surface area contributed by atoms with Gasteiger partial charge in [0.1, 0.15) is 5.52 Å². The molecule has 1 aromatic carbocycles. The van der Waals surface area contributed by atoms with Gasteiger partial charge in [0.2, 0.25) is 0 Å². The third kappa shape index (κ3) is 2.49. The monoisotopic (exact) mass is 266 g/mol. The first kappa shape index (κ1) is 10.4. The molecule has 15 heavy (non-hydrogen) atoms. The maximum absolute atomic E-state index is 5.68. The summed E-state index contributed by atoms with van der Waals surface area (Å²) in [6.45, 7) is 1.93. The summed E-state index contributed by atoms with van der Waals surface area (Å²) in [4.78, 5) is 4.38. The third-order valence-corrected chi connectivity index (χ3v) is 2.46. The molecular formula is C10H11BrN4. The summed E-state index contributed by atoms with van der Waals surface area (Å²) in [7, 11) is 0. The molecule has 0 bridgehead atoms. The molecule has 1 aromatic heterocycles. The highest BCUT2D eigenvalue weighted by Crippen LogP contribution is 2.15. The first-order valence-electron chi connectivity index (χ1n) is 4.69. The first-order valence-corrected chi connectivity index (χ1v) is 5.49. The van der Waals surface area contributed by atoms with Crippen molar-refractivity contribution in [2.75, 3.05) is 0 Å². The van der Waals surface area contributed by atoms with Gasteiger partial charge in [0, 0.05) is 16.9 Å². The number of hydrogen-bond donors (Lipinski definition) is 1. The van der Waals surface area contributed by atoms with Crippen molar-refractivity contribution < 1.29 is 0 Å². The molecule has 0 saturated heterocycles. The van der Waals surface area contributed by atoms with Gasteiger partial charge in [-0.05, 0) is 25.1 Å². The maximum Gasteiger partial charge on any atom is 0.153 e. The number of rotatable bonds is 2. The van der Waals surface area contributed by atoms with E-state index in [0.717, 1.165) is 15.5 Å². The second kappa shape index (κ2) is 4.20. The highest BCUT2D eigenvalue weighted by Gasteiger charge is 2.04. The number of aromatic nitrogens is 3. The van der Waals surface area contributed by atoms with Gasteiger partial charge in [0.15, 0.2) is 5.82 Å². The summed E-state index contributed by atoms with van der Waals surface area (Å²) in [5.41, 5.74) is 7.32. The van der Waals surface area contributed by atoms with Gasteiger partial charge in [-0.3, -0.25) is 0 Å². The average Bonchev–Trinajstić information content (AvgIpc) is 2.17. The summed E-state index contributed by atoms with van der Waals surface area (Å²) >= 11 is 3.38. The zero-order chi connectivity index (χ0) is 10.8. The molecule has 0 spiro atoms. The lowest BCUT2D eigenvalue weighted by Crippen LogP contribution is -2.19. The maximum atomic E-state index is 5.68. The Labute approximate surface area is 96.0 Å². The highest BCUT2D eigenvalue weighted by atomic mass is 79.9. The number of nitrogens with two attached hydrogens (primary N) is 1. The van der Waals surface area contributed by atoms with Crippen LogP contribution in [0.25, 0.3) is 11.0 Å². The Morgan fingerprint density at radius 1 is 1.33 bits per heavy atom. The van der Waals surface area contributed by atoms with Crippen LogP contribution in [-0.4, -0.2) is 21.2 Å². The first-order chi connectivity index (χ1) is 7.15. The van der Waals surface area contributed by atoms with E-state index in [2.05, 4.69) is 31.1 Å². The van der Waals surface area contributed by atoms with Gasteiger partial charge in [-0.2, -0.15) is 0 Å². The highest BCUT2D eigenvalue weighted by molar-refractivity contribution is 9.10. The van der Waals surface area contributed by atoms with Gasteiger partial charge in [0.05, 0.1) is 5.52 Å². The molecule has 1 heterocycles. The zero-order valence-electron chi connectivity index (χ0n) is 8.31. The molecule has 5 heteroatoms. The van der Waals surface area contributed by atoms with Crippen LogP contribution in [-0.2, 0) is 6.42 Å². The fraction of sp³-hybridized carbons (Fsp3) is 0.300. The fourth-order valence-electron chi connectivity index (χ4n) is 1.32. The largest absolute Gasteiger partial charge is 0.328 e. The van der Waals surface area contributed by atoms with Crippen molar-refractivity contribution in [2.45, 2.75) is 19.4 Å². The topological polar surface area (TPSA) is 64.7 Å². The molecule has 1 atom stereocenters. The van der Waals surface area contributed by atoms with Crippen LogP contribution in [0.15, 0.2) is 22.7 Å². The Morgan fingerprint density at radius 3 is 2.87 bits per heavy atom. The molecule has 0 amide bonds. The van der Waals surface area contributed by atoms with Crippen LogP contribution in [0, 0.1) is 0 Å². The number of benzene rings is 1. The quantitative estimate of drug-likeness (QED) is 0.899. The Balaban J connectivity index is 2.43. The number of nitrogens with zero attached hydrogens (tertiary/aromatic N) is 3. The van der Waals surface area contributed by atoms with Gasteiger partial charge < -0.3 is 5.73 Å². The Hall–Kier alpha value is -1.07. The molecule has 78 valence electrons. The van der Waals surface area contributed by atoms with E-state index in [1.165, 1.54) is 0 Å². The Morgan fingerprint density at radius 2 is 2.13 bits per heavy atom. The van der Waals surface area contributed by atoms with Crippen LogP contribution < -0.4 is 5.73 Å². The minimum Gasteiger partial charge on any atom is -0.328 e. The molecule has 2 rings (SSSR count). The zero-order valence-corrected chi connectivity index (χ0v) is 9.90. The molecule has 0 radical (unpaired) electrons. The summed E-state index contributed by atoms with van der Waals surface area (Å²) in [5, 5.41) is 8.12. The van der Waals surface area contributed by atoms with Gasteiger partial charge in [0.25, 0.3) is 0 Å². The molecule has 4 nitrogen and oxygen atoms in total. The van der Waals surface area contributed by atoms with E-state index in [9.17, 15) is 0 Å². The van der Waals surface area contributed by atoms with E-state index in [1.54, 1.807) is 0 Å². The van der Waals surface area contributed by atoms with Crippen LogP contribution >= 0.6 is 15.9 Å². The number of halogens is 1. The second-order valence-corrected chi connectivity index (χ2v) is 4.46. The number of fused-ring (bicyclic) bond motifs is 1. The van der Waals surface area contributed by atoms with E-state index in [-0.39, 0.29) is 6.04 Å². The molecule has 0 aliphatic rings. The van der Waals surface area contributed by atoms with Crippen LogP contribution in [0.1, 0.15) is 12.7 Å². The van der Waals surface area contributed by atoms with E-state index >= 15 is 0 Å². The van der Waals surface area contributed by atoms with Crippen LogP contribution in [0.2, 0.25) is 0 Å². The predicted molar refractivity (Wildman–Crippen MR) is 62.4 cm³/mol. The molecule has 0 saturated carbocycles. The van der Waals surface area contributed by atoms with Crippen LogP contribution in [0.3, 0.4) is 0 Å². The van der Waals surface area contributed by atoms with Crippen molar-refractivity contribution in [2.24, 2.45) is 5.73 Å². The summed E-state index contributed by atoms with van der Waals surface area (Å²) < 4.78 is 0.978. The van der Waals surface area contributed by atoms with Crippen LogP contribution in [0.4, 0.5) is 0 Å². The lowest BCUT2D eigenvalue weighted by Gasteiger charge is -2.03. The minimum atomic E-state index is 0.0553. The van der Waals surface area contributed by atoms with Crippen molar-refractivity contribution in [1.29, 1.82) is 0 Å². The van der Waals surface area contributed by atoms with Crippen molar-refractivity contribution >= 4 is 27.0 Å². The van der Waals surface area contributed by atoms with Gasteiger partial charge in [-0.15, -0.1) is 10.2 Å². The smallest absolute Gasteiger partial charge is 0.153 e. The molecule has 2 aromatic rings. The van der Waals surface area contributed by atoms with E-state index in [1.807, 2.05) is 25.1 Å². The van der Waals surface area contributed by atoms with E-state index < -0.39 is 0 Å². The summed E-state index contributed by atoms with van der Waals surface area (Å²) in [5.74, 6) is 0.694. The lowest BCUT2D eigenvalue weighted by atomic mass is 10.2. The number of hydrogen-bond acceptors (Lipinski definition) is 4. The fourth-order valence-corrected chi connectivity index (χ4v) is 1.67. The van der Waals surface area contributed by atoms with E-state index in [0.29, 0.717) is 12.2 Å². The Bertz CT molecular complexity index is 484. The summed E-state index contributed by atoms with van der Waals surface area (Å²) in [6, 6.07) is 5.80. The molecule has 1 unspecified atom stereocenters. The summed E-state index contributed by atoms with van der Waals surface area (Å²) in [6.07, 6.45) is 0.652. The predicted octanol–water partition coefficient (Wildman–Crippen LogP) is 1.68. The average molecular weight is 267 g/mol. The standard InChI is InChI=1S/C10H11BrN4/c1-6(12)4-10-13-8-3-2-7(11)5-9(8)14-15-10/h2-3,5-6H,4,12H2,1H3. The molecule has 0 aliphatic carbocycles. The van der Waals surface area contributed by atoms with Gasteiger partial charge in [-0.1, -0.05) is 15.9 Å². The lowest BCUT2D eigenvalue weighted by molar-refractivity contribution is 0.692. The third-order valence-electron chi connectivity index (χ3n) is 1.96. The van der Waals surface area contributed by atoms with E-state index in [4.69, 9.17) is 5.73 Å².